The number of unbranched alkanes of at least 4 members (excludes halogenated alkanes) is 23. The molecular formula is C125H164N8O4+4. The zero-order chi connectivity index (χ0) is 96.5. The van der Waals surface area contributed by atoms with Gasteiger partial charge in [-0.2, -0.15) is 0 Å². The summed E-state index contributed by atoms with van der Waals surface area (Å²) in [6, 6.07) is 67.7. The minimum atomic E-state index is -0.923. The average Bonchev–Trinajstić information content (AvgIpc) is 1.46. The van der Waals surface area contributed by atoms with Gasteiger partial charge in [-0.05, 0) is 274 Å². The van der Waals surface area contributed by atoms with Crippen molar-refractivity contribution in [1.82, 2.24) is 0 Å². The Labute approximate surface area is 826 Å². The third kappa shape index (κ3) is 31.6. The molecule has 8 aliphatic heterocycles. The van der Waals surface area contributed by atoms with Gasteiger partial charge in [0, 0.05) is 0 Å². The standard InChI is InChI=1S/C33H16N8.2C22H34O.C17H26O.C14H22O.C10H18.C7H14/c1-2-10-18-17(9-1)25-34-27-19-11-3-4-12-20(19)29-36-31-23-15-7-8-16-24(23)32-37-30-22-14-6-5-13-21(22)28-35-26(18)38(25)33(39(27)29,40(28)30)41(31)32;2*1-3-4-5-6-7-8-9-10-11-12-13-14-15-17-21-18-16-19-22(20-21)23-2;1-3-4-5-6-7-8-9-10-12-16-13-11-14-17(15-16)18-2;1-3-4-5-6-7-9-13-10-8-11-14(12-13)15-2;1-3-5-7-9-10-8-6-4-2;1-3-5-7-6-4-2/h1-16H;2*5-6,8-9,16,18-20H,3-4,7,10-15,17H2,1-2H3;3-4,11,13-15H,5-10,12H2,1-2H3;8,10-12H,3-7,9H2,1-2H3;5,7-8,10H,3-4,6,9H2,1-2H3;5,7H,3-4,6H2,1-2H3/q+4;;;;;;/b;2*6-5+,9-8+;4-3+;;7-5+,10-8+;7-5+. The van der Waals surface area contributed by atoms with Gasteiger partial charge in [-0.3, -0.25) is 0 Å². The highest BCUT2D eigenvalue weighted by molar-refractivity contribution is 6.30. The molecule has 0 aliphatic carbocycles. The maximum absolute atomic E-state index is 5.42. The van der Waals surface area contributed by atoms with E-state index in [1.165, 1.54) is 253 Å². The Kier molecular flexibility index (Phi) is 48.7. The van der Waals surface area contributed by atoms with Crippen LogP contribution in [0.1, 0.15) is 353 Å². The van der Waals surface area contributed by atoms with Crippen molar-refractivity contribution >= 4 is 46.7 Å². The van der Waals surface area contributed by atoms with Crippen LogP contribution in [0.2, 0.25) is 0 Å². The molecule has 0 radical (unpaired) electrons. The Balaban J connectivity index is 0.000000177. The second-order valence-electron chi connectivity index (χ2n) is 36.2. The van der Waals surface area contributed by atoms with Crippen molar-refractivity contribution < 1.29 is 37.2 Å². The Hall–Kier alpha value is -11.8. The molecule has 0 amide bonds. The SMILES string of the molecule is C/C=C/CCCCCCCc1cccc(OC)c1.CC/C=C/C/C=C/CCC.CC/C=C/CCC.CCC/C=C/C/C=C/CCCCCCCc1cccc(OC)c1.CCC/C=C/C/C=C/CCCCCCCc1cccc(OC)c1.CCCCCCCc1cccc(OC)c1.c1ccc2c(c1)C1=NC3=[N+]4C(=NC5=[N+]6C(=NC7=[N+]8C(=NC2=[N+]1C846)c1ccccc17)c1ccccc15)c1ccccc13. The summed E-state index contributed by atoms with van der Waals surface area (Å²) in [5.74, 6) is 10.1. The average molecular weight is 1840 g/mol. The lowest BCUT2D eigenvalue weighted by Gasteiger charge is -2.38. The van der Waals surface area contributed by atoms with Crippen LogP contribution in [0.4, 0.5) is 0 Å². The molecule has 12 heteroatoms. The number of amidine groups is 8. The van der Waals surface area contributed by atoms with Gasteiger partial charge in [0.2, 0.25) is 0 Å². The summed E-state index contributed by atoms with van der Waals surface area (Å²) in [7, 11) is 6.91. The number of fused-ring (bicyclic) bond motifs is 12. The van der Waals surface area contributed by atoms with Crippen molar-refractivity contribution in [1.29, 1.82) is 0 Å². The molecule has 0 atom stereocenters. The van der Waals surface area contributed by atoms with Crippen LogP contribution in [-0.2, 0) is 25.7 Å². The van der Waals surface area contributed by atoms with Crippen LogP contribution in [0.15, 0.2) is 311 Å². The van der Waals surface area contributed by atoms with Gasteiger partial charge in [0.1, 0.15) is 23.0 Å². The number of benzene rings is 8. The highest BCUT2D eigenvalue weighted by Crippen LogP contribution is 2.47. The van der Waals surface area contributed by atoms with Crippen molar-refractivity contribution in [2.45, 2.75) is 318 Å². The van der Waals surface area contributed by atoms with Crippen molar-refractivity contribution in [2.75, 3.05) is 28.4 Å². The van der Waals surface area contributed by atoms with Gasteiger partial charge in [-0.1, -0.05) is 372 Å². The number of hydrogen-bond acceptors (Lipinski definition) is 8. The first-order chi connectivity index (χ1) is 67.6. The summed E-state index contributed by atoms with van der Waals surface area (Å²) in [6.07, 6.45) is 86.8. The molecule has 0 N–H and O–H groups in total. The highest BCUT2D eigenvalue weighted by atomic mass is 16.5. The smallest absolute Gasteiger partial charge is 0.491 e. The second-order valence-corrected chi connectivity index (χ2v) is 36.2. The molecule has 16 rings (SSSR count). The number of nitrogens with zero attached hydrogens (tertiary/aromatic N) is 8. The molecule has 8 aromatic carbocycles. The Morgan fingerprint density at radius 1 is 0.234 bits per heavy atom. The third-order valence-corrected chi connectivity index (χ3v) is 25.5. The van der Waals surface area contributed by atoms with E-state index in [9.17, 15) is 0 Å². The largest absolute Gasteiger partial charge is 0.497 e. The molecular weight excluding hydrogens is 1680 g/mol. The zero-order valence-corrected chi connectivity index (χ0v) is 85.7. The molecule has 0 bridgehead atoms. The minimum Gasteiger partial charge on any atom is -0.497 e. The molecule has 8 heterocycles. The second kappa shape index (κ2) is 62.2. The van der Waals surface area contributed by atoms with Crippen molar-refractivity contribution in [3.63, 3.8) is 0 Å². The monoisotopic (exact) mass is 1840 g/mol. The van der Waals surface area contributed by atoms with E-state index < -0.39 is 5.91 Å². The lowest BCUT2D eigenvalue weighted by molar-refractivity contribution is -1.06. The Bertz CT molecular complexity index is 5140. The number of aliphatic imine (C=N–C) groups is 4. The number of allylic oxidation sites excluding steroid dienone is 16. The van der Waals surface area contributed by atoms with Crippen LogP contribution >= 0.6 is 0 Å². The van der Waals surface area contributed by atoms with E-state index >= 15 is 0 Å². The molecule has 8 aromatic rings. The molecule has 1 spiro atoms. The normalized spacial score (nSPS) is 14.2. The predicted molar refractivity (Wildman–Crippen MR) is 584 cm³/mol. The first-order valence-electron chi connectivity index (χ1n) is 52.7. The topological polar surface area (TPSA) is 98.4 Å². The molecule has 0 saturated carbocycles. The minimum absolute atomic E-state index is 0.898. The Morgan fingerprint density at radius 2 is 0.467 bits per heavy atom. The summed E-state index contributed by atoms with van der Waals surface area (Å²) in [4.78, 5) is 21.7. The molecule has 0 fully saturated rings. The van der Waals surface area contributed by atoms with Gasteiger partial charge in [0.15, 0.2) is 0 Å². The fourth-order valence-electron chi connectivity index (χ4n) is 18.2. The summed E-state index contributed by atoms with van der Waals surface area (Å²) in [5.41, 5.74) is 14.2. The summed E-state index contributed by atoms with van der Waals surface area (Å²) in [6.45, 7) is 17.5. The maximum Gasteiger partial charge on any atom is 0.491 e. The lowest BCUT2D eigenvalue weighted by atomic mass is 10.0. The Morgan fingerprint density at radius 3 is 0.730 bits per heavy atom. The first kappa shape index (κ1) is 107. The van der Waals surface area contributed by atoms with E-state index in [0.29, 0.717) is 0 Å². The third-order valence-electron chi connectivity index (χ3n) is 25.5. The van der Waals surface area contributed by atoms with Crippen molar-refractivity contribution in [2.24, 2.45) is 20.0 Å². The van der Waals surface area contributed by atoms with Crippen LogP contribution in [-0.4, -0.2) is 99.3 Å². The molecule has 12 nitrogen and oxygen atoms in total. The van der Waals surface area contributed by atoms with E-state index in [2.05, 4.69) is 341 Å². The fourth-order valence-corrected chi connectivity index (χ4v) is 18.2. The molecule has 0 saturated heterocycles. The van der Waals surface area contributed by atoms with Crippen LogP contribution in [0.5, 0.6) is 23.0 Å². The van der Waals surface area contributed by atoms with Gasteiger partial charge in [0.05, 0.1) is 72.9 Å². The summed E-state index contributed by atoms with van der Waals surface area (Å²) < 4.78 is 30.3. The number of rotatable bonds is 50. The number of hydrogen-bond donors (Lipinski definition) is 0. The predicted octanol–water partition coefficient (Wildman–Crippen LogP) is 32.1. The maximum atomic E-state index is 5.42. The van der Waals surface area contributed by atoms with E-state index in [1.807, 2.05) is 24.3 Å². The van der Waals surface area contributed by atoms with Crippen LogP contribution < -0.4 is 18.9 Å². The van der Waals surface area contributed by atoms with Crippen LogP contribution in [0.3, 0.4) is 0 Å². The summed E-state index contributed by atoms with van der Waals surface area (Å²) >= 11 is 0. The van der Waals surface area contributed by atoms with E-state index in [0.717, 1.165) is 140 Å². The summed E-state index contributed by atoms with van der Waals surface area (Å²) in [5, 5.41) is 0. The molecule has 137 heavy (non-hydrogen) atoms. The fraction of sp³-hybridized carbons (Fsp3) is 0.424. The van der Waals surface area contributed by atoms with E-state index in [4.69, 9.17) is 38.9 Å². The molecule has 0 unspecified atom stereocenters. The van der Waals surface area contributed by atoms with Crippen molar-refractivity contribution in [3.05, 3.63) is 358 Å². The lowest BCUT2D eigenvalue weighted by Crippen LogP contribution is -2.76. The van der Waals surface area contributed by atoms with Gasteiger partial charge in [0.25, 0.3) is 46.7 Å². The molecule has 0 aromatic heterocycles. The van der Waals surface area contributed by atoms with Gasteiger partial charge in [-0.15, -0.1) is 18.3 Å². The molecule has 724 valence electrons. The van der Waals surface area contributed by atoms with E-state index in [-0.39, 0.29) is 0 Å². The molecule has 8 aliphatic rings. The number of aryl methyl sites for hydroxylation is 4. The van der Waals surface area contributed by atoms with Gasteiger partial charge < -0.3 is 18.9 Å². The van der Waals surface area contributed by atoms with Crippen LogP contribution in [0.25, 0.3) is 0 Å². The quantitative estimate of drug-likeness (QED) is 0.0215. The zero-order valence-electron chi connectivity index (χ0n) is 85.7. The van der Waals surface area contributed by atoms with E-state index in [1.54, 1.807) is 28.4 Å². The first-order valence-corrected chi connectivity index (χ1v) is 52.7. The van der Waals surface area contributed by atoms with Crippen LogP contribution in [0, 0.1) is 0 Å². The number of methoxy groups -OCH3 is 4. The van der Waals surface area contributed by atoms with Crippen molar-refractivity contribution in [3.8, 4) is 23.0 Å². The van der Waals surface area contributed by atoms with Gasteiger partial charge in [-0.25, -0.2) is 0 Å². The number of ether oxygens (including phenoxy) is 4. The highest BCUT2D eigenvalue weighted by Gasteiger charge is 2.78. The van der Waals surface area contributed by atoms with Gasteiger partial charge >= 0.3 is 5.91 Å².